The molecule has 0 saturated carbocycles. The smallest absolute Gasteiger partial charge is 0.258 e. The van der Waals surface area contributed by atoms with Gasteiger partial charge in [-0.1, -0.05) is 12.1 Å². The molecule has 1 saturated heterocycles. The highest BCUT2D eigenvalue weighted by Gasteiger charge is 2.27. The number of nitro groups is 1. The zero-order valence-electron chi connectivity index (χ0n) is 9.07. The summed E-state index contributed by atoms with van der Waals surface area (Å²) < 4.78 is 1.92. The summed E-state index contributed by atoms with van der Waals surface area (Å²) in [5.74, 6) is 0. The van der Waals surface area contributed by atoms with E-state index in [4.69, 9.17) is 5.26 Å². The van der Waals surface area contributed by atoms with Gasteiger partial charge in [-0.2, -0.15) is 5.26 Å². The molecular formula is C11H11N3O2S. The lowest BCUT2D eigenvalue weighted by atomic mass is 10.2. The lowest BCUT2D eigenvalue weighted by molar-refractivity contribution is -0.387. The summed E-state index contributed by atoms with van der Waals surface area (Å²) in [6.45, 7) is 0.801. The first kappa shape index (κ1) is 11.9. The minimum absolute atomic E-state index is 0.0982. The summed E-state index contributed by atoms with van der Waals surface area (Å²) in [6.07, 6.45) is 1.80. The molecule has 0 radical (unpaired) electrons. The third-order valence-electron chi connectivity index (χ3n) is 2.63. The molecule has 0 amide bonds. The fourth-order valence-corrected chi connectivity index (χ4v) is 2.92. The molecule has 2 rings (SSSR count). The number of benzene rings is 1. The summed E-state index contributed by atoms with van der Waals surface area (Å²) in [7, 11) is 0. The molecule has 5 nitrogen and oxygen atoms in total. The van der Waals surface area contributed by atoms with Crippen LogP contribution in [0.25, 0.3) is 0 Å². The molecular weight excluding hydrogens is 238 g/mol. The van der Waals surface area contributed by atoms with E-state index in [0.29, 0.717) is 4.90 Å². The van der Waals surface area contributed by atoms with Crippen molar-refractivity contribution in [1.82, 2.24) is 4.31 Å². The van der Waals surface area contributed by atoms with Gasteiger partial charge in [-0.15, -0.1) is 0 Å². The van der Waals surface area contributed by atoms with Gasteiger partial charge in [0.2, 0.25) is 0 Å². The molecule has 1 aliphatic rings. The van der Waals surface area contributed by atoms with E-state index < -0.39 is 0 Å². The van der Waals surface area contributed by atoms with Crippen LogP contribution >= 0.6 is 11.9 Å². The van der Waals surface area contributed by atoms with Crippen molar-refractivity contribution in [3.8, 4) is 6.07 Å². The number of hydrogen-bond donors (Lipinski definition) is 0. The maximum Gasteiger partial charge on any atom is 0.284 e. The highest BCUT2D eigenvalue weighted by Crippen LogP contribution is 2.35. The molecule has 0 aromatic heterocycles. The van der Waals surface area contributed by atoms with E-state index in [-0.39, 0.29) is 16.7 Å². The Morgan fingerprint density at radius 2 is 2.29 bits per heavy atom. The second kappa shape index (κ2) is 5.17. The lowest BCUT2D eigenvalue weighted by Crippen LogP contribution is -2.20. The fraction of sp³-hybridized carbons (Fsp3) is 0.364. The zero-order valence-corrected chi connectivity index (χ0v) is 9.89. The summed E-state index contributed by atoms with van der Waals surface area (Å²) in [6, 6.07) is 8.70. The quantitative estimate of drug-likeness (QED) is 0.468. The highest BCUT2D eigenvalue weighted by atomic mass is 32.2. The van der Waals surface area contributed by atoms with Crippen LogP contribution in [0.2, 0.25) is 0 Å². The van der Waals surface area contributed by atoms with Gasteiger partial charge in [0, 0.05) is 12.6 Å². The molecule has 17 heavy (non-hydrogen) atoms. The predicted octanol–water partition coefficient (Wildman–Crippen LogP) is 2.59. The van der Waals surface area contributed by atoms with Crippen molar-refractivity contribution in [3.05, 3.63) is 34.4 Å². The van der Waals surface area contributed by atoms with Crippen LogP contribution in [0.5, 0.6) is 0 Å². The van der Waals surface area contributed by atoms with Crippen molar-refractivity contribution < 1.29 is 4.92 Å². The Kier molecular flexibility index (Phi) is 3.61. The molecule has 0 N–H and O–H groups in total. The second-order valence-electron chi connectivity index (χ2n) is 3.74. The van der Waals surface area contributed by atoms with Gasteiger partial charge in [-0.05, 0) is 30.9 Å². The van der Waals surface area contributed by atoms with E-state index in [1.807, 2.05) is 4.31 Å². The van der Waals surface area contributed by atoms with Crippen LogP contribution in [0.1, 0.15) is 12.8 Å². The molecule has 0 bridgehead atoms. The van der Waals surface area contributed by atoms with E-state index in [1.54, 1.807) is 18.2 Å². The minimum atomic E-state index is -0.389. The molecule has 1 unspecified atom stereocenters. The summed E-state index contributed by atoms with van der Waals surface area (Å²) >= 11 is 1.31. The number of nitriles is 1. The standard InChI is InChI=1S/C11H11N3O2S/c12-8-9-4-3-7-13(9)17-11-6-2-1-5-10(11)14(15)16/h1-2,5-6,9H,3-4,7H2. The van der Waals surface area contributed by atoms with Crippen LogP contribution in [0.15, 0.2) is 29.2 Å². The van der Waals surface area contributed by atoms with Crippen molar-refractivity contribution in [3.63, 3.8) is 0 Å². The number of nitro benzene ring substituents is 1. The fourth-order valence-electron chi connectivity index (χ4n) is 1.79. The SMILES string of the molecule is N#CC1CCCN1Sc1ccccc1[N+](=O)[O-]. The summed E-state index contributed by atoms with van der Waals surface area (Å²) in [5.41, 5.74) is 0.0982. The van der Waals surface area contributed by atoms with Gasteiger partial charge in [0.1, 0.15) is 10.9 Å². The Balaban J connectivity index is 2.19. The average molecular weight is 249 g/mol. The molecule has 6 heteroatoms. The molecule has 1 aliphatic heterocycles. The van der Waals surface area contributed by atoms with E-state index >= 15 is 0 Å². The van der Waals surface area contributed by atoms with Crippen LogP contribution in [0.4, 0.5) is 5.69 Å². The molecule has 0 aliphatic carbocycles. The molecule has 88 valence electrons. The van der Waals surface area contributed by atoms with E-state index in [0.717, 1.165) is 19.4 Å². The summed E-state index contributed by atoms with van der Waals surface area (Å²) in [4.78, 5) is 11.1. The van der Waals surface area contributed by atoms with Gasteiger partial charge < -0.3 is 0 Å². The van der Waals surface area contributed by atoms with Crippen LogP contribution in [-0.2, 0) is 0 Å². The van der Waals surface area contributed by atoms with Gasteiger partial charge in [-0.25, -0.2) is 4.31 Å². The zero-order chi connectivity index (χ0) is 12.3. The van der Waals surface area contributed by atoms with Crippen LogP contribution in [0, 0.1) is 21.4 Å². The molecule has 1 fully saturated rings. The number of hydrogen-bond acceptors (Lipinski definition) is 5. The molecule has 1 aromatic rings. The Hall–Kier alpha value is -1.58. The Morgan fingerprint density at radius 1 is 1.53 bits per heavy atom. The van der Waals surface area contributed by atoms with Crippen molar-refractivity contribution >= 4 is 17.6 Å². The van der Waals surface area contributed by atoms with E-state index in [9.17, 15) is 10.1 Å². The van der Waals surface area contributed by atoms with Crippen LogP contribution in [0.3, 0.4) is 0 Å². The minimum Gasteiger partial charge on any atom is -0.258 e. The van der Waals surface area contributed by atoms with Crippen molar-refractivity contribution in [1.29, 1.82) is 5.26 Å². The number of rotatable bonds is 3. The van der Waals surface area contributed by atoms with Gasteiger partial charge in [0.15, 0.2) is 0 Å². The Bertz CT molecular complexity index is 472. The molecule has 1 heterocycles. The third kappa shape index (κ3) is 2.57. The first-order chi connectivity index (χ1) is 8.22. The maximum atomic E-state index is 10.9. The normalized spacial score (nSPS) is 20.1. The topological polar surface area (TPSA) is 70.2 Å². The Morgan fingerprint density at radius 3 is 3.00 bits per heavy atom. The first-order valence-electron chi connectivity index (χ1n) is 5.30. The van der Waals surface area contributed by atoms with E-state index in [1.165, 1.54) is 18.0 Å². The number of nitrogens with zero attached hydrogens (tertiary/aromatic N) is 3. The Labute approximate surface area is 103 Å². The van der Waals surface area contributed by atoms with Crippen molar-refractivity contribution in [2.24, 2.45) is 0 Å². The first-order valence-corrected chi connectivity index (χ1v) is 6.07. The predicted molar refractivity (Wildman–Crippen MR) is 64.3 cm³/mol. The summed E-state index contributed by atoms with van der Waals surface area (Å²) in [5, 5.41) is 19.8. The third-order valence-corrected chi connectivity index (χ3v) is 3.84. The monoisotopic (exact) mass is 249 g/mol. The van der Waals surface area contributed by atoms with Gasteiger partial charge in [0.25, 0.3) is 5.69 Å². The second-order valence-corrected chi connectivity index (χ2v) is 4.84. The van der Waals surface area contributed by atoms with Gasteiger partial charge >= 0.3 is 0 Å². The van der Waals surface area contributed by atoms with Crippen molar-refractivity contribution in [2.75, 3.05) is 6.54 Å². The number of para-hydroxylation sites is 1. The highest BCUT2D eigenvalue weighted by molar-refractivity contribution is 7.97. The van der Waals surface area contributed by atoms with Gasteiger partial charge in [0.05, 0.1) is 11.0 Å². The average Bonchev–Trinajstić information content (AvgIpc) is 2.77. The van der Waals surface area contributed by atoms with E-state index in [2.05, 4.69) is 6.07 Å². The van der Waals surface area contributed by atoms with Crippen LogP contribution < -0.4 is 0 Å². The molecule has 0 spiro atoms. The lowest BCUT2D eigenvalue weighted by Gasteiger charge is -2.17. The molecule has 1 aromatic carbocycles. The maximum absolute atomic E-state index is 10.9. The van der Waals surface area contributed by atoms with Gasteiger partial charge in [-0.3, -0.25) is 10.1 Å². The van der Waals surface area contributed by atoms with Crippen LogP contribution in [-0.4, -0.2) is 21.8 Å². The largest absolute Gasteiger partial charge is 0.284 e. The van der Waals surface area contributed by atoms with Crippen molar-refractivity contribution in [2.45, 2.75) is 23.8 Å². The molecule has 1 atom stereocenters.